The third kappa shape index (κ3) is 2.51. The van der Waals surface area contributed by atoms with E-state index in [4.69, 9.17) is 11.6 Å². The third-order valence-corrected chi connectivity index (χ3v) is 4.67. The molecule has 0 spiro atoms. The maximum Gasteiger partial charge on any atom is 0.129 e. The Morgan fingerprint density at radius 2 is 2.16 bits per heavy atom. The van der Waals surface area contributed by atoms with E-state index in [1.807, 2.05) is 7.05 Å². The van der Waals surface area contributed by atoms with Gasteiger partial charge in [0.15, 0.2) is 0 Å². The Kier molecular flexibility index (Phi) is 3.79. The fourth-order valence-corrected chi connectivity index (χ4v) is 3.64. The first-order valence-corrected chi connectivity index (χ1v) is 7.44. The first-order valence-electron chi connectivity index (χ1n) is 7.06. The highest BCUT2D eigenvalue weighted by Crippen LogP contribution is 2.46. The van der Waals surface area contributed by atoms with Crippen molar-refractivity contribution in [3.05, 3.63) is 34.6 Å². The van der Waals surface area contributed by atoms with Gasteiger partial charge in [-0.1, -0.05) is 17.7 Å². The van der Waals surface area contributed by atoms with Crippen molar-refractivity contribution in [1.29, 1.82) is 0 Å². The van der Waals surface area contributed by atoms with E-state index in [2.05, 4.69) is 10.2 Å². The average Bonchev–Trinajstić information content (AvgIpc) is 3.14. The van der Waals surface area contributed by atoms with Gasteiger partial charge >= 0.3 is 0 Å². The average molecular weight is 283 g/mol. The predicted molar refractivity (Wildman–Crippen MR) is 75.9 cm³/mol. The maximum absolute atomic E-state index is 14.2. The zero-order chi connectivity index (χ0) is 13.4. The molecule has 2 fully saturated rings. The Balaban J connectivity index is 1.96. The third-order valence-electron chi connectivity index (χ3n) is 4.34. The summed E-state index contributed by atoms with van der Waals surface area (Å²) in [5.74, 6) is 0.283. The number of likely N-dealkylation sites (tertiary alicyclic amines) is 1. The van der Waals surface area contributed by atoms with Gasteiger partial charge in [0.1, 0.15) is 5.82 Å². The summed E-state index contributed by atoms with van der Waals surface area (Å²) in [5.41, 5.74) is 0.703. The molecule has 2 aliphatic rings. The minimum absolute atomic E-state index is 0.133. The first-order chi connectivity index (χ1) is 9.22. The number of halogens is 2. The fraction of sp³-hybridized carbons (Fsp3) is 0.600. The smallest absolute Gasteiger partial charge is 0.129 e. The molecule has 0 bridgehead atoms. The zero-order valence-electron chi connectivity index (χ0n) is 11.2. The van der Waals surface area contributed by atoms with Crippen LogP contribution in [-0.2, 0) is 0 Å². The summed E-state index contributed by atoms with van der Waals surface area (Å²) in [5, 5.41) is 3.80. The quantitative estimate of drug-likeness (QED) is 0.912. The van der Waals surface area contributed by atoms with Crippen LogP contribution in [0.1, 0.15) is 30.9 Å². The van der Waals surface area contributed by atoms with Crippen LogP contribution in [0.15, 0.2) is 18.2 Å². The number of nitrogens with zero attached hydrogens (tertiary/aromatic N) is 1. The van der Waals surface area contributed by atoms with E-state index in [-0.39, 0.29) is 11.9 Å². The van der Waals surface area contributed by atoms with E-state index in [0.29, 0.717) is 22.5 Å². The van der Waals surface area contributed by atoms with Crippen LogP contribution in [0, 0.1) is 11.7 Å². The lowest BCUT2D eigenvalue weighted by Crippen LogP contribution is -2.31. The topological polar surface area (TPSA) is 15.3 Å². The van der Waals surface area contributed by atoms with Crippen LogP contribution in [0.4, 0.5) is 4.39 Å². The van der Waals surface area contributed by atoms with Gasteiger partial charge in [-0.2, -0.15) is 0 Å². The van der Waals surface area contributed by atoms with Crippen molar-refractivity contribution >= 4 is 11.6 Å². The number of hydrogen-bond donors (Lipinski definition) is 1. The summed E-state index contributed by atoms with van der Waals surface area (Å²) in [4.78, 5) is 2.46. The van der Waals surface area contributed by atoms with Crippen molar-refractivity contribution < 1.29 is 4.39 Å². The molecule has 2 nitrogen and oxygen atoms in total. The summed E-state index contributed by atoms with van der Waals surface area (Å²) < 4.78 is 14.2. The molecule has 0 amide bonds. The lowest BCUT2D eigenvalue weighted by Gasteiger charge is -2.29. The molecule has 2 unspecified atom stereocenters. The van der Waals surface area contributed by atoms with Crippen molar-refractivity contribution in [1.82, 2.24) is 10.2 Å². The number of hydrogen-bond acceptors (Lipinski definition) is 2. The molecule has 1 heterocycles. The molecule has 4 heteroatoms. The molecule has 104 valence electrons. The van der Waals surface area contributed by atoms with Crippen molar-refractivity contribution in [3.63, 3.8) is 0 Å². The highest BCUT2D eigenvalue weighted by Gasteiger charge is 2.43. The minimum Gasteiger partial charge on any atom is -0.319 e. The Morgan fingerprint density at radius 3 is 2.79 bits per heavy atom. The Labute approximate surface area is 118 Å². The van der Waals surface area contributed by atoms with Crippen LogP contribution in [0.2, 0.25) is 5.02 Å². The molecule has 1 saturated carbocycles. The number of nitrogens with one attached hydrogen (secondary N) is 1. The van der Waals surface area contributed by atoms with Crippen LogP contribution in [-0.4, -0.2) is 31.1 Å². The van der Waals surface area contributed by atoms with Gasteiger partial charge in [-0.3, -0.25) is 4.90 Å². The number of benzene rings is 1. The second-order valence-corrected chi connectivity index (χ2v) is 6.06. The molecule has 1 N–H and O–H groups in total. The Hall–Kier alpha value is -0.640. The summed E-state index contributed by atoms with van der Waals surface area (Å²) in [7, 11) is 1.96. The monoisotopic (exact) mass is 282 g/mol. The van der Waals surface area contributed by atoms with Crippen LogP contribution < -0.4 is 5.32 Å². The zero-order valence-corrected chi connectivity index (χ0v) is 12.0. The van der Waals surface area contributed by atoms with Crippen LogP contribution in [0.25, 0.3) is 0 Å². The van der Waals surface area contributed by atoms with E-state index in [1.54, 1.807) is 12.1 Å². The lowest BCUT2D eigenvalue weighted by molar-refractivity contribution is 0.212. The summed E-state index contributed by atoms with van der Waals surface area (Å²) >= 11 is 6.28. The molecule has 19 heavy (non-hydrogen) atoms. The first kappa shape index (κ1) is 13.3. The molecule has 0 aromatic heterocycles. The van der Waals surface area contributed by atoms with Gasteiger partial charge in [0.25, 0.3) is 0 Å². The van der Waals surface area contributed by atoms with E-state index >= 15 is 0 Å². The Morgan fingerprint density at radius 1 is 1.37 bits per heavy atom. The molecule has 1 saturated heterocycles. The molecular weight excluding hydrogens is 263 g/mol. The minimum atomic E-state index is -0.161. The van der Waals surface area contributed by atoms with E-state index in [0.717, 1.165) is 19.5 Å². The van der Waals surface area contributed by atoms with Crippen LogP contribution >= 0.6 is 11.6 Å². The van der Waals surface area contributed by atoms with Gasteiger partial charge in [-0.15, -0.1) is 0 Å². The summed E-state index contributed by atoms with van der Waals surface area (Å²) in [6.07, 6.45) is 3.61. The molecule has 3 rings (SSSR count). The second-order valence-electron chi connectivity index (χ2n) is 5.66. The van der Waals surface area contributed by atoms with Crippen molar-refractivity contribution in [2.24, 2.45) is 5.92 Å². The van der Waals surface area contributed by atoms with Gasteiger partial charge in [-0.05, 0) is 57.5 Å². The molecule has 2 atom stereocenters. The van der Waals surface area contributed by atoms with E-state index in [1.165, 1.54) is 18.9 Å². The van der Waals surface area contributed by atoms with Crippen LogP contribution in [0.5, 0.6) is 0 Å². The largest absolute Gasteiger partial charge is 0.319 e. The molecule has 1 aliphatic carbocycles. The molecule has 0 radical (unpaired) electrons. The van der Waals surface area contributed by atoms with Gasteiger partial charge in [0.2, 0.25) is 0 Å². The predicted octanol–water partition coefficient (Wildman–Crippen LogP) is 3.22. The molecule has 1 aromatic carbocycles. The van der Waals surface area contributed by atoms with E-state index in [9.17, 15) is 4.39 Å². The van der Waals surface area contributed by atoms with Crippen molar-refractivity contribution in [3.8, 4) is 0 Å². The fourth-order valence-electron chi connectivity index (χ4n) is 3.37. The second kappa shape index (κ2) is 5.39. The van der Waals surface area contributed by atoms with Crippen molar-refractivity contribution in [2.45, 2.75) is 31.3 Å². The molecular formula is C15H20ClFN2. The maximum atomic E-state index is 14.2. The van der Waals surface area contributed by atoms with Gasteiger partial charge in [-0.25, -0.2) is 4.39 Å². The standard InChI is InChI=1S/C15H20ClFN2/c1-18-9-10-7-8-19(11-5-6-11)15(10)14-12(16)3-2-4-13(14)17/h2-4,10-11,15,18H,5-9H2,1H3. The lowest BCUT2D eigenvalue weighted by atomic mass is 9.93. The van der Waals surface area contributed by atoms with Gasteiger partial charge in [0, 0.05) is 22.7 Å². The van der Waals surface area contributed by atoms with E-state index < -0.39 is 0 Å². The van der Waals surface area contributed by atoms with Crippen molar-refractivity contribution in [2.75, 3.05) is 20.1 Å². The normalized spacial score (nSPS) is 27.9. The molecule has 1 aromatic rings. The highest BCUT2D eigenvalue weighted by atomic mass is 35.5. The highest BCUT2D eigenvalue weighted by molar-refractivity contribution is 6.31. The summed E-state index contributed by atoms with van der Waals surface area (Å²) in [6.45, 7) is 1.98. The van der Waals surface area contributed by atoms with Gasteiger partial charge < -0.3 is 5.32 Å². The summed E-state index contributed by atoms with van der Waals surface area (Å²) in [6, 6.07) is 5.79. The Bertz CT molecular complexity index is 441. The van der Waals surface area contributed by atoms with Crippen LogP contribution in [0.3, 0.4) is 0 Å². The number of rotatable bonds is 4. The van der Waals surface area contributed by atoms with Gasteiger partial charge in [0.05, 0.1) is 0 Å². The SMILES string of the molecule is CNCC1CCN(C2CC2)C1c1c(F)cccc1Cl. The molecule has 1 aliphatic heterocycles.